The highest BCUT2D eigenvalue weighted by atomic mass is 13.9. The van der Waals surface area contributed by atoms with E-state index in [1.807, 2.05) is 18.2 Å². The first-order valence-electron chi connectivity index (χ1n) is 2.51. The van der Waals surface area contributed by atoms with Crippen molar-refractivity contribution in [3.8, 4) is 12.3 Å². The molecule has 1 aliphatic rings. The molecule has 0 radical (unpaired) electrons. The average molecular weight is 102 g/mol. The van der Waals surface area contributed by atoms with Crippen molar-refractivity contribution in [1.82, 2.24) is 0 Å². The van der Waals surface area contributed by atoms with Gasteiger partial charge in [-0.2, -0.15) is 0 Å². The molecule has 0 heterocycles. The van der Waals surface area contributed by atoms with Crippen LogP contribution in [0.15, 0.2) is 29.5 Å². The minimum Gasteiger partial charge on any atom is -0.114 e. The van der Waals surface area contributed by atoms with Crippen LogP contribution in [0.2, 0.25) is 0 Å². The highest BCUT2D eigenvalue weighted by Crippen LogP contribution is 2.02. The smallest absolute Gasteiger partial charge is 0.0473 e. The van der Waals surface area contributed by atoms with Gasteiger partial charge in [0.2, 0.25) is 0 Å². The zero-order valence-corrected chi connectivity index (χ0v) is 4.52. The predicted octanol–water partition coefficient (Wildman–Crippen LogP) is 1.66. The van der Waals surface area contributed by atoms with E-state index < -0.39 is 0 Å². The number of hydrogen-bond acceptors (Lipinski definition) is 0. The highest BCUT2D eigenvalue weighted by molar-refractivity contribution is 5.31. The Balaban J connectivity index is 2.89. The van der Waals surface area contributed by atoms with Crippen LogP contribution >= 0.6 is 0 Å². The fourth-order valence-corrected chi connectivity index (χ4v) is 0.562. The van der Waals surface area contributed by atoms with Crippen molar-refractivity contribution in [2.75, 3.05) is 0 Å². The summed E-state index contributed by atoms with van der Waals surface area (Å²) in [5.41, 5.74) is 3.88. The Labute approximate surface area is 49.2 Å². The van der Waals surface area contributed by atoms with Gasteiger partial charge in [0, 0.05) is 12.0 Å². The first-order valence-corrected chi connectivity index (χ1v) is 2.51. The number of hydrogen-bond donors (Lipinski definition) is 0. The van der Waals surface area contributed by atoms with Crippen LogP contribution in [0.1, 0.15) is 6.42 Å². The van der Waals surface area contributed by atoms with Gasteiger partial charge in [-0.25, -0.2) is 0 Å². The molecule has 8 heavy (non-hydrogen) atoms. The van der Waals surface area contributed by atoms with Crippen molar-refractivity contribution in [2.45, 2.75) is 6.42 Å². The largest absolute Gasteiger partial charge is 0.114 e. The number of allylic oxidation sites excluding steroid dienone is 3. The fourth-order valence-electron chi connectivity index (χ4n) is 0.562. The molecule has 0 amide bonds. The van der Waals surface area contributed by atoms with Crippen LogP contribution in [-0.4, -0.2) is 0 Å². The Morgan fingerprint density at radius 1 is 1.75 bits per heavy atom. The van der Waals surface area contributed by atoms with Crippen LogP contribution in [0.25, 0.3) is 0 Å². The summed E-state index contributed by atoms with van der Waals surface area (Å²) in [5.74, 6) is 2.53. The summed E-state index contributed by atoms with van der Waals surface area (Å²) in [7, 11) is 0. The van der Waals surface area contributed by atoms with Crippen LogP contribution in [0.5, 0.6) is 0 Å². The second kappa shape index (κ2) is 2.21. The highest BCUT2D eigenvalue weighted by Gasteiger charge is 1.86. The van der Waals surface area contributed by atoms with Gasteiger partial charge < -0.3 is 0 Å². The molecule has 1 rings (SSSR count). The van der Waals surface area contributed by atoms with Crippen molar-refractivity contribution < 1.29 is 0 Å². The molecule has 0 heteroatoms. The first-order chi connectivity index (χ1) is 3.93. The van der Waals surface area contributed by atoms with E-state index >= 15 is 0 Å². The van der Waals surface area contributed by atoms with E-state index in [4.69, 9.17) is 6.42 Å². The third-order valence-corrected chi connectivity index (χ3v) is 0.986. The summed E-state index contributed by atoms with van der Waals surface area (Å²) < 4.78 is 0. The van der Waals surface area contributed by atoms with E-state index in [2.05, 4.69) is 11.7 Å². The average Bonchev–Trinajstić information content (AvgIpc) is 1.90. The molecular formula is C8H6. The molecule has 0 N–H and O–H groups in total. The van der Waals surface area contributed by atoms with Gasteiger partial charge in [0.25, 0.3) is 0 Å². The van der Waals surface area contributed by atoms with Gasteiger partial charge in [-0.15, -0.1) is 12.2 Å². The van der Waals surface area contributed by atoms with Gasteiger partial charge in [0.05, 0.1) is 0 Å². The minimum absolute atomic E-state index is 0.868. The van der Waals surface area contributed by atoms with Gasteiger partial charge in [0.1, 0.15) is 0 Å². The second-order valence-electron chi connectivity index (χ2n) is 1.57. The van der Waals surface area contributed by atoms with E-state index in [1.54, 1.807) is 0 Å². The normalized spacial score (nSPS) is 15.1. The van der Waals surface area contributed by atoms with Crippen LogP contribution in [0, 0.1) is 12.3 Å². The van der Waals surface area contributed by atoms with E-state index in [-0.39, 0.29) is 0 Å². The standard InChI is InChI=1S/C8H6/c1-2-8-6-4-3-5-7-8/h1,3-5H,6H2. The topological polar surface area (TPSA) is 0 Å². The molecular weight excluding hydrogens is 96.1 g/mol. The maximum absolute atomic E-state index is 5.10. The number of terminal acetylenes is 1. The monoisotopic (exact) mass is 102 g/mol. The molecule has 0 aromatic carbocycles. The Morgan fingerprint density at radius 3 is 3.00 bits per heavy atom. The zero-order valence-electron chi connectivity index (χ0n) is 4.52. The molecule has 0 nitrogen and oxygen atoms in total. The second-order valence-corrected chi connectivity index (χ2v) is 1.57. The third kappa shape index (κ3) is 0.904. The summed E-state index contributed by atoms with van der Waals surface area (Å²) in [6, 6.07) is 0. The van der Waals surface area contributed by atoms with Gasteiger partial charge in [0.15, 0.2) is 0 Å². The lowest BCUT2D eigenvalue weighted by Gasteiger charge is -1.89. The fraction of sp³-hybridized carbons (Fsp3) is 0.125. The SMILES string of the molecule is C#CC1=C=CC=CC1. The summed E-state index contributed by atoms with van der Waals surface area (Å²) in [5, 5.41) is 0. The van der Waals surface area contributed by atoms with E-state index in [1.165, 1.54) is 0 Å². The molecule has 0 aromatic heterocycles. The van der Waals surface area contributed by atoms with Crippen molar-refractivity contribution in [1.29, 1.82) is 0 Å². The summed E-state index contributed by atoms with van der Waals surface area (Å²) >= 11 is 0. The first kappa shape index (κ1) is 4.97. The Morgan fingerprint density at radius 2 is 2.62 bits per heavy atom. The predicted molar refractivity (Wildman–Crippen MR) is 34.2 cm³/mol. The molecule has 0 aromatic rings. The molecule has 0 fully saturated rings. The molecule has 0 spiro atoms. The van der Waals surface area contributed by atoms with E-state index in [9.17, 15) is 0 Å². The van der Waals surface area contributed by atoms with Gasteiger partial charge in [-0.1, -0.05) is 18.1 Å². The maximum atomic E-state index is 5.10. The van der Waals surface area contributed by atoms with Gasteiger partial charge >= 0.3 is 0 Å². The van der Waals surface area contributed by atoms with Gasteiger partial charge in [-0.05, 0) is 6.08 Å². The molecule has 38 valence electrons. The van der Waals surface area contributed by atoms with Crippen LogP contribution in [0.3, 0.4) is 0 Å². The lowest BCUT2D eigenvalue weighted by Crippen LogP contribution is -1.74. The molecule has 0 saturated carbocycles. The van der Waals surface area contributed by atoms with Crippen LogP contribution in [-0.2, 0) is 0 Å². The molecule has 1 aliphatic carbocycles. The van der Waals surface area contributed by atoms with E-state index in [0.29, 0.717) is 0 Å². The van der Waals surface area contributed by atoms with Crippen molar-refractivity contribution >= 4 is 0 Å². The van der Waals surface area contributed by atoms with Crippen LogP contribution < -0.4 is 0 Å². The lowest BCUT2D eigenvalue weighted by atomic mass is 10.1. The zero-order chi connectivity index (χ0) is 5.82. The molecule has 0 bridgehead atoms. The number of rotatable bonds is 0. The van der Waals surface area contributed by atoms with Crippen molar-refractivity contribution in [3.05, 3.63) is 29.5 Å². The minimum atomic E-state index is 0.868. The summed E-state index contributed by atoms with van der Waals surface area (Å²) in [6.45, 7) is 0. The maximum Gasteiger partial charge on any atom is 0.0473 e. The molecule has 0 saturated heterocycles. The van der Waals surface area contributed by atoms with E-state index in [0.717, 1.165) is 12.0 Å². The van der Waals surface area contributed by atoms with Crippen LogP contribution in [0.4, 0.5) is 0 Å². The summed E-state index contributed by atoms with van der Waals surface area (Å²) in [6.07, 6.45) is 11.8. The molecule has 0 atom stereocenters. The van der Waals surface area contributed by atoms with Crippen molar-refractivity contribution in [3.63, 3.8) is 0 Å². The lowest BCUT2D eigenvalue weighted by molar-refractivity contribution is 1.30. The Bertz CT molecular complexity index is 205. The Hall–Kier alpha value is -1.18. The Kier molecular flexibility index (Phi) is 1.37. The quantitative estimate of drug-likeness (QED) is 0.322. The molecule has 0 unspecified atom stereocenters. The van der Waals surface area contributed by atoms with Crippen molar-refractivity contribution in [2.24, 2.45) is 0 Å². The summed E-state index contributed by atoms with van der Waals surface area (Å²) in [4.78, 5) is 0. The molecule has 0 aliphatic heterocycles. The third-order valence-electron chi connectivity index (χ3n) is 0.986. The van der Waals surface area contributed by atoms with Gasteiger partial charge in [-0.3, -0.25) is 0 Å².